The Balaban J connectivity index is 2.02. The molecule has 0 N–H and O–H groups in total. The van der Waals surface area contributed by atoms with Crippen molar-refractivity contribution in [2.75, 3.05) is 14.2 Å². The molecule has 0 unspecified atom stereocenters. The summed E-state index contributed by atoms with van der Waals surface area (Å²) in [5.41, 5.74) is 0. The van der Waals surface area contributed by atoms with Crippen LogP contribution in [-0.2, 0) is 0 Å². The molecule has 2 heterocycles. The van der Waals surface area contributed by atoms with Crippen molar-refractivity contribution >= 4 is 34.1 Å². The van der Waals surface area contributed by atoms with Gasteiger partial charge in [-0.1, -0.05) is 0 Å². The Labute approximate surface area is 163 Å². The molecule has 0 spiro atoms. The van der Waals surface area contributed by atoms with Gasteiger partial charge in [-0.05, 0) is 0 Å². The van der Waals surface area contributed by atoms with Crippen LogP contribution < -0.4 is 22.4 Å². The third kappa shape index (κ3) is 3.08. The summed E-state index contributed by atoms with van der Waals surface area (Å²) in [6.45, 7) is 0. The van der Waals surface area contributed by atoms with Crippen LogP contribution in [0.25, 0.3) is 0 Å². The number of ether oxygens (including phenoxy) is 2. The van der Waals surface area contributed by atoms with Gasteiger partial charge in [0.05, 0.1) is 0 Å². The third-order valence-electron chi connectivity index (χ3n) is 4.83. The molecule has 0 aliphatic heterocycles. The van der Waals surface area contributed by atoms with Gasteiger partial charge in [0.25, 0.3) is 0 Å². The van der Waals surface area contributed by atoms with E-state index in [0.29, 0.717) is 0 Å². The maximum atomic E-state index is 6.02. The summed E-state index contributed by atoms with van der Waals surface area (Å²) < 4.78 is 27.2. The van der Waals surface area contributed by atoms with Crippen molar-refractivity contribution in [2.24, 2.45) is 0 Å². The van der Waals surface area contributed by atoms with E-state index < -0.39 is 21.2 Å². The first kappa shape index (κ1) is 17.9. The van der Waals surface area contributed by atoms with Crippen molar-refractivity contribution in [1.82, 2.24) is 0 Å². The zero-order valence-electron chi connectivity index (χ0n) is 15.2. The van der Waals surface area contributed by atoms with Crippen molar-refractivity contribution in [2.45, 2.75) is 0 Å². The van der Waals surface area contributed by atoms with Crippen molar-refractivity contribution < 1.29 is 18.3 Å². The van der Waals surface area contributed by atoms with Crippen LogP contribution in [0, 0.1) is 0 Å². The van der Waals surface area contributed by atoms with E-state index in [2.05, 4.69) is 36.4 Å². The summed E-state index contributed by atoms with van der Waals surface area (Å²) in [6.07, 6.45) is 3.47. The van der Waals surface area contributed by atoms with Gasteiger partial charge >= 0.3 is 163 Å². The van der Waals surface area contributed by atoms with Crippen LogP contribution in [0.15, 0.2) is 94.2 Å². The fourth-order valence-electron chi connectivity index (χ4n) is 3.52. The molecule has 4 nitrogen and oxygen atoms in total. The minimum absolute atomic E-state index is 0.828. The number of hydrogen-bond donors (Lipinski definition) is 0. The molecule has 27 heavy (non-hydrogen) atoms. The van der Waals surface area contributed by atoms with Gasteiger partial charge < -0.3 is 0 Å². The van der Waals surface area contributed by atoms with E-state index >= 15 is 0 Å². The van der Waals surface area contributed by atoms with Crippen molar-refractivity contribution in [3.63, 3.8) is 0 Å². The summed E-state index contributed by atoms with van der Waals surface area (Å²) in [5.74, 6) is 1.66. The van der Waals surface area contributed by atoms with Gasteiger partial charge in [-0.15, -0.1) is 0 Å². The van der Waals surface area contributed by atoms with Gasteiger partial charge in [-0.3, -0.25) is 0 Å². The SMILES string of the molecule is COc1cc[c]([Pb]([c]2ccc(OC)cc2)([c]2ccco2)[c]2ccco2)cc1. The van der Waals surface area contributed by atoms with E-state index in [1.165, 1.54) is 6.25 Å². The normalized spacial score (nSPS) is 11.3. The first-order chi connectivity index (χ1) is 13.3. The molecule has 0 saturated heterocycles. The Bertz CT molecular complexity index is 888. The van der Waals surface area contributed by atoms with Gasteiger partial charge in [0.2, 0.25) is 0 Å². The molecule has 2 aromatic heterocycles. The summed E-state index contributed by atoms with van der Waals surface area (Å²) in [6, 6.07) is 24.6. The van der Waals surface area contributed by atoms with E-state index in [0.717, 1.165) is 18.1 Å². The Morgan fingerprint density at radius 1 is 0.593 bits per heavy atom. The molecule has 136 valence electrons. The molecule has 4 aromatic rings. The fraction of sp³-hybridized carbons (Fsp3) is 0.0909. The monoisotopic (exact) mass is 556 g/mol. The Kier molecular flexibility index (Phi) is 5.07. The number of benzene rings is 2. The van der Waals surface area contributed by atoms with Crippen molar-refractivity contribution in [3.8, 4) is 11.5 Å². The topological polar surface area (TPSA) is 44.7 Å². The molecule has 2 aromatic carbocycles. The van der Waals surface area contributed by atoms with Crippen LogP contribution in [0.5, 0.6) is 11.5 Å². The average molecular weight is 556 g/mol. The van der Waals surface area contributed by atoms with Crippen LogP contribution in [0.4, 0.5) is 0 Å². The van der Waals surface area contributed by atoms with Gasteiger partial charge in [-0.2, -0.15) is 0 Å². The Hall–Kier alpha value is -2.48. The number of rotatable bonds is 6. The summed E-state index contributed by atoms with van der Waals surface area (Å²) in [4.78, 5) is 0. The van der Waals surface area contributed by atoms with E-state index in [1.54, 1.807) is 26.7 Å². The predicted molar refractivity (Wildman–Crippen MR) is 108 cm³/mol. The van der Waals surface area contributed by atoms with Gasteiger partial charge in [-0.25, -0.2) is 0 Å². The second kappa shape index (κ2) is 7.64. The van der Waals surface area contributed by atoms with E-state index in [-0.39, 0.29) is 0 Å². The van der Waals surface area contributed by atoms with Gasteiger partial charge in [0.15, 0.2) is 0 Å². The number of methoxy groups -OCH3 is 2. The van der Waals surface area contributed by atoms with E-state index in [9.17, 15) is 0 Å². The van der Waals surface area contributed by atoms with Crippen LogP contribution in [0.3, 0.4) is 0 Å². The zero-order valence-corrected chi connectivity index (χ0v) is 19.1. The first-order valence-corrected chi connectivity index (χ1v) is 16.4. The van der Waals surface area contributed by atoms with Crippen LogP contribution in [0.1, 0.15) is 0 Å². The fourth-order valence-corrected chi connectivity index (χ4v) is 20.0. The molecule has 0 atom stereocenters. The summed E-state index contributed by atoms with van der Waals surface area (Å²) >= 11 is -3.90. The molecule has 0 amide bonds. The first-order valence-electron chi connectivity index (χ1n) is 8.66. The molecule has 0 fully saturated rings. The molecule has 0 aliphatic rings. The van der Waals surface area contributed by atoms with E-state index in [4.69, 9.17) is 18.3 Å². The number of furan rings is 2. The Morgan fingerprint density at radius 3 is 1.30 bits per heavy atom. The zero-order chi connectivity index (χ0) is 18.7. The molecule has 4 rings (SSSR count). The second-order valence-electron chi connectivity index (χ2n) is 6.16. The van der Waals surface area contributed by atoms with Crippen LogP contribution >= 0.6 is 0 Å². The molecule has 0 saturated carbocycles. The molecule has 0 radical (unpaired) electrons. The van der Waals surface area contributed by atoms with Crippen molar-refractivity contribution in [1.29, 1.82) is 0 Å². The summed E-state index contributed by atoms with van der Waals surface area (Å²) in [7, 11) is 3.35. The van der Waals surface area contributed by atoms with E-state index in [1.807, 2.05) is 36.4 Å². The third-order valence-corrected chi connectivity index (χ3v) is 22.1. The van der Waals surface area contributed by atoms with Crippen molar-refractivity contribution in [3.05, 3.63) is 85.3 Å². The number of hydrogen-bond acceptors (Lipinski definition) is 4. The molecule has 0 aliphatic carbocycles. The van der Waals surface area contributed by atoms with Crippen LogP contribution in [-0.4, -0.2) is 35.4 Å². The Morgan fingerprint density at radius 2 is 1.00 bits per heavy atom. The maximum absolute atomic E-state index is 6.02. The molecule has 0 bridgehead atoms. The predicted octanol–water partition coefficient (Wildman–Crippen LogP) is 2.27. The standard InChI is InChI=1S/2C7H7O.2C4H3O.Pb/c2*1-8-7-5-3-2-4-6-7;2*1-2-4-5-3-1;/h2*3-6H,1H3;2*1-3H;. The minimum atomic E-state index is -3.90. The quantitative estimate of drug-likeness (QED) is 0.343. The second-order valence-corrected chi connectivity index (χ2v) is 20.3. The van der Waals surface area contributed by atoms with Crippen LogP contribution in [0.2, 0.25) is 0 Å². The van der Waals surface area contributed by atoms with Gasteiger partial charge in [0.1, 0.15) is 0 Å². The summed E-state index contributed by atoms with van der Waals surface area (Å²) in [5, 5.41) is 0. The molecular formula is C22H20O4Pb. The average Bonchev–Trinajstić information content (AvgIpc) is 3.45. The molecule has 5 heteroatoms. The molecular weight excluding hydrogens is 535 g/mol. The van der Waals surface area contributed by atoms with Gasteiger partial charge in [0, 0.05) is 0 Å².